The summed E-state index contributed by atoms with van der Waals surface area (Å²) in [7, 11) is 1.64. The van der Waals surface area contributed by atoms with E-state index >= 15 is 0 Å². The summed E-state index contributed by atoms with van der Waals surface area (Å²) in [5.74, 6) is 1.20. The summed E-state index contributed by atoms with van der Waals surface area (Å²) in [6, 6.07) is 14.1. The van der Waals surface area contributed by atoms with Gasteiger partial charge in [-0.15, -0.1) is 0 Å². The highest BCUT2D eigenvalue weighted by molar-refractivity contribution is 6.01. The minimum atomic E-state index is -1.07. The van der Waals surface area contributed by atoms with Crippen molar-refractivity contribution in [2.24, 2.45) is 0 Å². The molecular formula is C30H37N3O4. The van der Waals surface area contributed by atoms with Gasteiger partial charge in [-0.05, 0) is 56.5 Å². The molecule has 0 spiro atoms. The molecule has 3 aromatic rings. The molecule has 7 nitrogen and oxygen atoms in total. The van der Waals surface area contributed by atoms with Crippen molar-refractivity contribution in [2.75, 3.05) is 26.7 Å². The van der Waals surface area contributed by atoms with Crippen LogP contribution in [0.3, 0.4) is 0 Å². The zero-order chi connectivity index (χ0) is 26.3. The molecule has 0 radical (unpaired) electrons. The number of nitrogens with zero attached hydrogens (tertiary/aromatic N) is 2. The smallest absolute Gasteiger partial charge is 0.254 e. The summed E-state index contributed by atoms with van der Waals surface area (Å²) in [6.07, 6.45) is 3.03. The van der Waals surface area contributed by atoms with Crippen molar-refractivity contribution < 1.29 is 19.1 Å². The monoisotopic (exact) mass is 503 g/mol. The van der Waals surface area contributed by atoms with Gasteiger partial charge in [0, 0.05) is 29.9 Å². The minimum Gasteiger partial charge on any atom is -0.493 e. The second-order valence-electron chi connectivity index (χ2n) is 10.6. The van der Waals surface area contributed by atoms with Crippen molar-refractivity contribution in [3.8, 4) is 11.5 Å². The Hall–Kier alpha value is -3.48. The van der Waals surface area contributed by atoms with Gasteiger partial charge in [-0.3, -0.25) is 9.59 Å². The van der Waals surface area contributed by atoms with Gasteiger partial charge in [0.25, 0.3) is 5.91 Å². The number of hydrogen-bond acceptors (Lipinski definition) is 4. The number of unbranched alkanes of at least 4 members (excludes halogenated alkanes) is 2. The first-order chi connectivity index (χ1) is 17.8. The summed E-state index contributed by atoms with van der Waals surface area (Å²) in [6.45, 7) is 9.17. The van der Waals surface area contributed by atoms with Crippen LogP contribution in [0.4, 0.5) is 0 Å². The topological polar surface area (TPSA) is 74.9 Å². The zero-order valence-electron chi connectivity index (χ0n) is 22.5. The molecule has 5 rings (SSSR count). The van der Waals surface area contributed by atoms with Crippen molar-refractivity contribution >= 4 is 22.7 Å². The molecular weight excluding hydrogens is 466 g/mol. The Labute approximate surface area is 218 Å². The lowest BCUT2D eigenvalue weighted by Crippen LogP contribution is -2.67. The van der Waals surface area contributed by atoms with Gasteiger partial charge in [-0.1, -0.05) is 44.0 Å². The Morgan fingerprint density at radius 3 is 2.62 bits per heavy atom. The molecule has 1 saturated heterocycles. The number of fused-ring (bicyclic) bond motifs is 5. The molecule has 0 aliphatic carbocycles. The molecule has 1 fully saturated rings. The number of methoxy groups -OCH3 is 1. The van der Waals surface area contributed by atoms with E-state index < -0.39 is 5.54 Å². The maximum Gasteiger partial charge on any atom is 0.254 e. The zero-order valence-corrected chi connectivity index (χ0v) is 22.5. The maximum absolute atomic E-state index is 14.0. The molecule has 1 unspecified atom stereocenters. The summed E-state index contributed by atoms with van der Waals surface area (Å²) in [5, 5.41) is 1.08. The van der Waals surface area contributed by atoms with Crippen LogP contribution in [-0.2, 0) is 15.1 Å². The highest BCUT2D eigenvalue weighted by Gasteiger charge is 2.56. The molecule has 7 heteroatoms. The van der Waals surface area contributed by atoms with Crippen LogP contribution < -0.4 is 9.47 Å². The summed E-state index contributed by atoms with van der Waals surface area (Å²) >= 11 is 0. The third-order valence-corrected chi connectivity index (χ3v) is 7.80. The van der Waals surface area contributed by atoms with Crippen LogP contribution >= 0.6 is 0 Å². The van der Waals surface area contributed by atoms with Crippen LogP contribution in [0.5, 0.6) is 11.5 Å². The van der Waals surface area contributed by atoms with Crippen molar-refractivity contribution in [3.05, 3.63) is 59.3 Å². The number of ether oxygens (including phenoxy) is 2. The van der Waals surface area contributed by atoms with Crippen molar-refractivity contribution in [1.82, 2.24) is 14.8 Å². The molecule has 2 aliphatic rings. The van der Waals surface area contributed by atoms with Crippen molar-refractivity contribution in [2.45, 2.75) is 64.5 Å². The Balaban J connectivity index is 1.64. The fourth-order valence-electron chi connectivity index (χ4n) is 5.96. The van der Waals surface area contributed by atoms with Gasteiger partial charge >= 0.3 is 0 Å². The van der Waals surface area contributed by atoms with E-state index in [-0.39, 0.29) is 30.4 Å². The van der Waals surface area contributed by atoms with Gasteiger partial charge in [0.15, 0.2) is 17.0 Å². The standard InChI is InChI=1S/C30H37N3O4/c1-6-7-10-15-32-18-26(34)33-17-22(20-13-14-24(37-19(2)3)25(16-20)36-5)27-21-11-8-9-12-23(21)31-28(27)30(33,4)29(32)35/h8-9,11-14,16,19,22,31H,6-7,10,15,17-18H2,1-5H3/t22?,30-/m0/s1. The Kier molecular flexibility index (Phi) is 6.65. The number of nitrogens with one attached hydrogen (secondary N) is 1. The normalized spacial score (nSPS) is 21.4. The molecule has 2 atom stereocenters. The van der Waals surface area contributed by atoms with Gasteiger partial charge < -0.3 is 24.3 Å². The van der Waals surface area contributed by atoms with Crippen LogP contribution in [0.1, 0.15) is 69.7 Å². The lowest BCUT2D eigenvalue weighted by molar-refractivity contribution is -0.166. The van der Waals surface area contributed by atoms with E-state index in [0.29, 0.717) is 24.6 Å². The van der Waals surface area contributed by atoms with E-state index in [4.69, 9.17) is 9.47 Å². The lowest BCUT2D eigenvalue weighted by atomic mass is 9.76. The second-order valence-corrected chi connectivity index (χ2v) is 10.6. The Morgan fingerprint density at radius 2 is 1.89 bits per heavy atom. The Morgan fingerprint density at radius 1 is 1.11 bits per heavy atom. The number of amides is 2. The van der Waals surface area contributed by atoms with E-state index in [1.165, 1.54) is 0 Å². The number of carbonyl (C=O) groups excluding carboxylic acids is 2. The quantitative estimate of drug-likeness (QED) is 0.430. The number of para-hydroxylation sites is 1. The number of piperazine rings is 1. The van der Waals surface area contributed by atoms with Crippen LogP contribution in [0, 0.1) is 0 Å². The summed E-state index contributed by atoms with van der Waals surface area (Å²) < 4.78 is 11.6. The van der Waals surface area contributed by atoms with Crippen molar-refractivity contribution in [3.63, 3.8) is 0 Å². The molecule has 2 aromatic carbocycles. The van der Waals surface area contributed by atoms with Crippen molar-refractivity contribution in [1.29, 1.82) is 0 Å². The van der Waals surface area contributed by atoms with Gasteiger partial charge in [0.1, 0.15) is 0 Å². The molecule has 0 bridgehead atoms. The van der Waals surface area contributed by atoms with Crippen LogP contribution in [0.15, 0.2) is 42.5 Å². The molecule has 1 aromatic heterocycles. The molecule has 196 valence electrons. The molecule has 2 amide bonds. The number of H-pyrrole nitrogens is 1. The maximum atomic E-state index is 14.0. The first-order valence-electron chi connectivity index (χ1n) is 13.3. The first-order valence-corrected chi connectivity index (χ1v) is 13.3. The Bertz CT molecular complexity index is 1330. The molecule has 3 heterocycles. The number of hydrogen-bond donors (Lipinski definition) is 1. The highest BCUT2D eigenvalue weighted by Crippen LogP contribution is 2.49. The molecule has 2 aliphatic heterocycles. The SMILES string of the molecule is CCCCCN1CC(=O)N2CC(c3ccc(OC(C)C)c(OC)c3)c3c([nH]c4ccccc34)[C@@]2(C)C1=O. The highest BCUT2D eigenvalue weighted by atomic mass is 16.5. The number of aromatic nitrogens is 1. The van der Waals surface area contributed by atoms with Crippen LogP contribution in [0.25, 0.3) is 10.9 Å². The van der Waals surface area contributed by atoms with E-state index in [0.717, 1.165) is 47.0 Å². The molecule has 0 saturated carbocycles. The summed E-state index contributed by atoms with van der Waals surface area (Å²) in [4.78, 5) is 34.7. The predicted octanol–water partition coefficient (Wildman–Crippen LogP) is 5.19. The van der Waals surface area contributed by atoms with Crippen LogP contribution in [0.2, 0.25) is 0 Å². The third-order valence-electron chi connectivity index (χ3n) is 7.80. The van der Waals surface area contributed by atoms with Crippen LogP contribution in [-0.4, -0.2) is 59.4 Å². The fraction of sp³-hybridized carbons (Fsp3) is 0.467. The van der Waals surface area contributed by atoms with Gasteiger partial charge in [-0.25, -0.2) is 0 Å². The summed E-state index contributed by atoms with van der Waals surface area (Å²) in [5.41, 5.74) is 2.80. The largest absolute Gasteiger partial charge is 0.493 e. The predicted molar refractivity (Wildman–Crippen MR) is 144 cm³/mol. The average molecular weight is 504 g/mol. The van der Waals surface area contributed by atoms with Gasteiger partial charge in [-0.2, -0.15) is 0 Å². The molecule has 37 heavy (non-hydrogen) atoms. The van der Waals surface area contributed by atoms with Gasteiger partial charge in [0.05, 0.1) is 25.5 Å². The average Bonchev–Trinajstić information content (AvgIpc) is 3.28. The van der Waals surface area contributed by atoms with Gasteiger partial charge in [0.2, 0.25) is 5.91 Å². The van der Waals surface area contributed by atoms with E-state index in [1.807, 2.05) is 57.2 Å². The second kappa shape index (κ2) is 9.77. The number of benzene rings is 2. The minimum absolute atomic E-state index is 0.00674. The van der Waals surface area contributed by atoms with E-state index in [1.54, 1.807) is 16.9 Å². The number of rotatable bonds is 8. The number of aromatic amines is 1. The third kappa shape index (κ3) is 4.14. The fourth-order valence-corrected chi connectivity index (χ4v) is 5.96. The molecule has 1 N–H and O–H groups in total. The number of carbonyl (C=O) groups is 2. The van der Waals surface area contributed by atoms with E-state index in [2.05, 4.69) is 18.0 Å². The first kappa shape index (κ1) is 25.2. The lowest BCUT2D eigenvalue weighted by Gasteiger charge is -2.51. The van der Waals surface area contributed by atoms with E-state index in [9.17, 15) is 9.59 Å².